The molecule has 150 valence electrons. The van der Waals surface area contributed by atoms with E-state index in [1.165, 1.54) is 16.4 Å². The molecule has 1 N–H and O–H groups in total. The van der Waals surface area contributed by atoms with Crippen molar-refractivity contribution in [3.63, 3.8) is 0 Å². The summed E-state index contributed by atoms with van der Waals surface area (Å²) in [5.41, 5.74) is 0.471. The first-order valence-corrected chi connectivity index (χ1v) is 10.5. The Labute approximate surface area is 173 Å². The summed E-state index contributed by atoms with van der Waals surface area (Å²) in [7, 11) is 1.62. The highest BCUT2D eigenvalue weighted by Crippen LogP contribution is 2.30. The normalized spacial score (nSPS) is 13.7. The summed E-state index contributed by atoms with van der Waals surface area (Å²) >= 11 is 7.41. The van der Waals surface area contributed by atoms with E-state index in [1.807, 2.05) is 12.1 Å². The molecule has 9 heteroatoms. The summed E-state index contributed by atoms with van der Waals surface area (Å²) in [6, 6.07) is 7.24. The lowest BCUT2D eigenvalue weighted by Crippen LogP contribution is -2.36. The maximum atomic E-state index is 12.7. The number of carbonyl (C=O) groups excluding carboxylic acids is 1. The van der Waals surface area contributed by atoms with Crippen LogP contribution in [0.2, 0.25) is 5.02 Å². The number of ether oxygens (including phenoxy) is 1. The summed E-state index contributed by atoms with van der Waals surface area (Å²) < 4.78 is 6.91. The maximum absolute atomic E-state index is 12.7. The molecule has 2 aromatic rings. The Morgan fingerprint density at radius 1 is 1.39 bits per heavy atom. The van der Waals surface area contributed by atoms with Crippen molar-refractivity contribution in [3.8, 4) is 5.75 Å². The molecule has 0 unspecified atom stereocenters. The molecule has 3 rings (SSSR count). The number of hydrogen-bond donors (Lipinski definition) is 1. The van der Waals surface area contributed by atoms with Gasteiger partial charge in [-0.15, -0.1) is 11.8 Å². The molecule has 28 heavy (non-hydrogen) atoms. The summed E-state index contributed by atoms with van der Waals surface area (Å²) in [5, 5.41) is 7.92. The molecule has 0 atom stereocenters. The van der Waals surface area contributed by atoms with Gasteiger partial charge in [0.05, 0.1) is 16.8 Å². The molecule has 1 aromatic carbocycles. The summed E-state index contributed by atoms with van der Waals surface area (Å²) in [5.74, 6) is 1.52. The van der Waals surface area contributed by atoms with Crippen molar-refractivity contribution >= 4 is 35.0 Å². The van der Waals surface area contributed by atoms with Crippen molar-refractivity contribution in [2.75, 3.05) is 36.9 Å². The molecule has 1 amide bonds. The first kappa shape index (κ1) is 20.7. The Hall–Kier alpha value is -2.03. The number of thioether (sulfide) groups is 1. The number of carbonyl (C=O) groups is 1. The van der Waals surface area contributed by atoms with E-state index >= 15 is 0 Å². The standard InChI is InChI=1S/C19H23ClN4O3S/c1-23-19(26)18-16(13-22-23)24(9-3-11-28-18)17(25)6-7-21-8-10-27-15-5-2-4-14(20)12-15/h2,4-5,12-13,21H,3,6-11H2,1H3. The van der Waals surface area contributed by atoms with Gasteiger partial charge in [-0.05, 0) is 30.4 Å². The van der Waals surface area contributed by atoms with Gasteiger partial charge in [-0.25, -0.2) is 4.68 Å². The molecule has 7 nitrogen and oxygen atoms in total. The van der Waals surface area contributed by atoms with Gasteiger partial charge in [0.1, 0.15) is 12.4 Å². The molecule has 0 fully saturated rings. The second-order valence-corrected chi connectivity index (χ2v) is 7.88. The topological polar surface area (TPSA) is 76.5 Å². The predicted octanol–water partition coefficient (Wildman–Crippen LogP) is 2.32. The Balaban J connectivity index is 1.47. The van der Waals surface area contributed by atoms with Crippen LogP contribution >= 0.6 is 23.4 Å². The second-order valence-electron chi connectivity index (χ2n) is 6.34. The lowest BCUT2D eigenvalue weighted by atomic mass is 10.3. The largest absolute Gasteiger partial charge is 0.492 e. The van der Waals surface area contributed by atoms with Crippen LogP contribution in [-0.2, 0) is 11.8 Å². The number of anilines is 1. The molecule has 0 bridgehead atoms. The molecule has 1 aliphatic rings. The van der Waals surface area contributed by atoms with Crippen LogP contribution in [0.4, 0.5) is 5.69 Å². The fraction of sp³-hybridized carbons (Fsp3) is 0.421. The summed E-state index contributed by atoms with van der Waals surface area (Å²) in [6.45, 7) is 2.24. The van der Waals surface area contributed by atoms with E-state index in [0.717, 1.165) is 17.9 Å². The molecule has 0 saturated carbocycles. The van der Waals surface area contributed by atoms with Crippen LogP contribution in [0.25, 0.3) is 0 Å². The van der Waals surface area contributed by atoms with Crippen LogP contribution in [0.15, 0.2) is 40.2 Å². The minimum atomic E-state index is -0.154. The number of halogens is 1. The van der Waals surface area contributed by atoms with Gasteiger partial charge in [0.2, 0.25) is 5.91 Å². The summed E-state index contributed by atoms with van der Waals surface area (Å²) in [4.78, 5) is 27.3. The van der Waals surface area contributed by atoms with E-state index in [1.54, 1.807) is 30.3 Å². The molecule has 2 heterocycles. The molecule has 0 spiro atoms. The van der Waals surface area contributed by atoms with Gasteiger partial charge in [0.15, 0.2) is 0 Å². The minimum Gasteiger partial charge on any atom is -0.492 e. The number of nitrogens with one attached hydrogen (secondary N) is 1. The molecule has 0 saturated heterocycles. The first-order chi connectivity index (χ1) is 13.6. The Kier molecular flexibility index (Phi) is 7.36. The zero-order chi connectivity index (χ0) is 19.9. The number of rotatable bonds is 7. The SMILES string of the molecule is Cn1ncc2c(c1=O)SCCCN2C(=O)CCNCCOc1cccc(Cl)c1. The number of aromatic nitrogens is 2. The lowest BCUT2D eigenvalue weighted by Gasteiger charge is -2.22. The third-order valence-electron chi connectivity index (χ3n) is 4.30. The Morgan fingerprint density at radius 2 is 2.25 bits per heavy atom. The van der Waals surface area contributed by atoms with E-state index in [9.17, 15) is 9.59 Å². The van der Waals surface area contributed by atoms with Crippen LogP contribution in [0.3, 0.4) is 0 Å². The zero-order valence-corrected chi connectivity index (χ0v) is 17.3. The van der Waals surface area contributed by atoms with Crippen molar-refractivity contribution in [1.82, 2.24) is 15.1 Å². The minimum absolute atomic E-state index is 0.0120. The second kappa shape index (κ2) is 9.95. The van der Waals surface area contributed by atoms with Gasteiger partial charge in [-0.3, -0.25) is 9.59 Å². The highest BCUT2D eigenvalue weighted by Gasteiger charge is 2.24. The average molecular weight is 423 g/mol. The number of amides is 1. The van der Waals surface area contributed by atoms with Gasteiger partial charge in [-0.2, -0.15) is 5.10 Å². The molecule has 1 aliphatic heterocycles. The van der Waals surface area contributed by atoms with E-state index in [2.05, 4.69) is 10.4 Å². The third-order valence-corrected chi connectivity index (χ3v) is 5.70. The average Bonchev–Trinajstić information content (AvgIpc) is 2.90. The van der Waals surface area contributed by atoms with Crippen molar-refractivity contribution in [2.24, 2.45) is 7.05 Å². The molecule has 0 radical (unpaired) electrons. The zero-order valence-electron chi connectivity index (χ0n) is 15.7. The van der Waals surface area contributed by atoms with Gasteiger partial charge in [0, 0.05) is 38.1 Å². The number of benzene rings is 1. The van der Waals surface area contributed by atoms with Crippen molar-refractivity contribution in [3.05, 3.63) is 45.8 Å². The number of hydrogen-bond acceptors (Lipinski definition) is 6. The monoisotopic (exact) mass is 422 g/mol. The fourth-order valence-corrected chi connectivity index (χ4v) is 4.09. The lowest BCUT2D eigenvalue weighted by molar-refractivity contribution is -0.118. The van der Waals surface area contributed by atoms with Crippen LogP contribution in [0, 0.1) is 0 Å². The van der Waals surface area contributed by atoms with Crippen molar-refractivity contribution in [2.45, 2.75) is 17.7 Å². The van der Waals surface area contributed by atoms with Crippen LogP contribution in [-0.4, -0.2) is 47.7 Å². The third kappa shape index (κ3) is 5.27. The molecular formula is C19H23ClN4O3S. The predicted molar refractivity (Wildman–Crippen MR) is 112 cm³/mol. The maximum Gasteiger partial charge on any atom is 0.282 e. The summed E-state index contributed by atoms with van der Waals surface area (Å²) in [6.07, 6.45) is 2.80. The highest BCUT2D eigenvalue weighted by atomic mass is 35.5. The molecule has 0 aliphatic carbocycles. The van der Waals surface area contributed by atoms with Gasteiger partial charge >= 0.3 is 0 Å². The van der Waals surface area contributed by atoms with Gasteiger partial charge < -0.3 is 15.0 Å². The van der Waals surface area contributed by atoms with E-state index in [0.29, 0.717) is 48.3 Å². The smallest absolute Gasteiger partial charge is 0.282 e. The van der Waals surface area contributed by atoms with Crippen molar-refractivity contribution < 1.29 is 9.53 Å². The van der Waals surface area contributed by atoms with Gasteiger partial charge in [-0.1, -0.05) is 17.7 Å². The number of nitrogens with zero attached hydrogens (tertiary/aromatic N) is 3. The molecule has 1 aromatic heterocycles. The first-order valence-electron chi connectivity index (χ1n) is 9.15. The van der Waals surface area contributed by atoms with Crippen LogP contribution < -0.4 is 20.5 Å². The number of fused-ring (bicyclic) bond motifs is 1. The Morgan fingerprint density at radius 3 is 3.07 bits per heavy atom. The highest BCUT2D eigenvalue weighted by molar-refractivity contribution is 7.99. The van der Waals surface area contributed by atoms with Crippen LogP contribution in [0.5, 0.6) is 5.75 Å². The quantitative estimate of drug-likeness (QED) is 0.690. The Bertz CT molecular complexity index is 890. The van der Waals surface area contributed by atoms with E-state index < -0.39 is 0 Å². The van der Waals surface area contributed by atoms with Crippen LogP contribution in [0.1, 0.15) is 12.8 Å². The van der Waals surface area contributed by atoms with E-state index in [4.69, 9.17) is 16.3 Å². The van der Waals surface area contributed by atoms with Crippen molar-refractivity contribution in [1.29, 1.82) is 0 Å². The molecular weight excluding hydrogens is 400 g/mol. The number of aryl methyl sites for hydroxylation is 1. The van der Waals surface area contributed by atoms with Gasteiger partial charge in [0.25, 0.3) is 5.56 Å². The fourth-order valence-electron chi connectivity index (χ4n) is 2.87. The van der Waals surface area contributed by atoms with E-state index in [-0.39, 0.29) is 11.5 Å².